The van der Waals surface area contributed by atoms with E-state index in [1.54, 1.807) is 25.3 Å². The van der Waals surface area contributed by atoms with Crippen LogP contribution in [0.4, 0.5) is 0 Å². The van der Waals surface area contributed by atoms with Gasteiger partial charge in [0.15, 0.2) is 11.4 Å². The minimum Gasteiger partial charge on any atom is -0.482 e. The summed E-state index contributed by atoms with van der Waals surface area (Å²) in [6.45, 7) is 9.33. The number of carbonyl (C=O) groups excluding carboxylic acids is 4. The third-order valence-electron chi connectivity index (χ3n) is 9.50. The van der Waals surface area contributed by atoms with Gasteiger partial charge in [-0.25, -0.2) is 4.79 Å². The molecule has 2 saturated carbocycles. The van der Waals surface area contributed by atoms with Gasteiger partial charge in [0.2, 0.25) is 0 Å². The Bertz CT molecular complexity index is 1500. The second kappa shape index (κ2) is 10.4. The summed E-state index contributed by atoms with van der Waals surface area (Å²) in [6, 6.07) is 4.90. The monoisotopic (exact) mass is 581 g/mol. The standard InChI is InChI=1S/C31H35NO10/c1-16(33)38-15-30(5)22-13-24(40-18(3)35)31(6)27(29(22,4)10-9-23(30)39-17(2)34)26(36)25-21(42-31)12-20(41-28(25)37)19-8-7-11-32-14-19/h7-8,11-12,14,22-24,27H,9-10,13,15H2,1-6H3/t22?,23-,24-,27?,29-,30-,31+/m0/s1. The van der Waals surface area contributed by atoms with Crippen molar-refractivity contribution in [1.82, 2.24) is 4.98 Å². The number of pyridine rings is 1. The fourth-order valence-corrected chi connectivity index (χ4v) is 7.80. The lowest BCUT2D eigenvalue weighted by molar-refractivity contribution is -0.240. The zero-order valence-electron chi connectivity index (χ0n) is 24.6. The van der Waals surface area contributed by atoms with Gasteiger partial charge in [-0.3, -0.25) is 24.2 Å². The largest absolute Gasteiger partial charge is 0.482 e. The van der Waals surface area contributed by atoms with E-state index in [2.05, 4.69) is 4.98 Å². The van der Waals surface area contributed by atoms with E-state index in [1.165, 1.54) is 33.0 Å². The smallest absolute Gasteiger partial charge is 0.351 e. The Balaban J connectivity index is 1.67. The van der Waals surface area contributed by atoms with Gasteiger partial charge in [0.25, 0.3) is 0 Å². The molecule has 0 aromatic carbocycles. The summed E-state index contributed by atoms with van der Waals surface area (Å²) in [5.41, 5.74) is -3.66. The highest BCUT2D eigenvalue weighted by atomic mass is 16.6. The first-order valence-corrected chi connectivity index (χ1v) is 14.0. The van der Waals surface area contributed by atoms with Crippen molar-refractivity contribution in [2.75, 3.05) is 6.61 Å². The maximum atomic E-state index is 14.5. The lowest BCUT2D eigenvalue weighted by Gasteiger charge is -2.65. The molecule has 2 aliphatic carbocycles. The van der Waals surface area contributed by atoms with Gasteiger partial charge >= 0.3 is 23.5 Å². The van der Waals surface area contributed by atoms with E-state index in [4.69, 9.17) is 23.4 Å². The van der Waals surface area contributed by atoms with Gasteiger partial charge in [0.1, 0.15) is 35.9 Å². The summed E-state index contributed by atoms with van der Waals surface area (Å²) in [5, 5.41) is 0. The van der Waals surface area contributed by atoms with E-state index in [0.717, 1.165) is 0 Å². The molecule has 3 aliphatic rings. The average Bonchev–Trinajstić information content (AvgIpc) is 2.90. The van der Waals surface area contributed by atoms with Gasteiger partial charge in [-0.1, -0.05) is 13.8 Å². The predicted octanol–water partition coefficient (Wildman–Crippen LogP) is 3.90. The van der Waals surface area contributed by atoms with Gasteiger partial charge in [-0.2, -0.15) is 0 Å². The fourth-order valence-electron chi connectivity index (χ4n) is 7.80. The number of rotatable bonds is 5. The van der Waals surface area contributed by atoms with E-state index < -0.39 is 69.8 Å². The summed E-state index contributed by atoms with van der Waals surface area (Å²) < 4.78 is 29.3. The molecule has 2 fully saturated rings. The molecule has 0 amide bonds. The van der Waals surface area contributed by atoms with Crippen LogP contribution < -0.4 is 10.4 Å². The van der Waals surface area contributed by atoms with Crippen molar-refractivity contribution < 1.29 is 42.5 Å². The van der Waals surface area contributed by atoms with Crippen LogP contribution in [0.3, 0.4) is 0 Å². The van der Waals surface area contributed by atoms with Crippen molar-refractivity contribution in [3.05, 3.63) is 46.6 Å². The third kappa shape index (κ3) is 4.68. The van der Waals surface area contributed by atoms with Crippen LogP contribution in [-0.4, -0.2) is 53.1 Å². The number of ether oxygens (including phenoxy) is 4. The minimum absolute atomic E-state index is 0.0457. The number of carbonyl (C=O) groups is 4. The van der Waals surface area contributed by atoms with Crippen molar-refractivity contribution in [1.29, 1.82) is 0 Å². The number of hydrogen-bond acceptors (Lipinski definition) is 11. The quantitative estimate of drug-likeness (QED) is 0.374. The van der Waals surface area contributed by atoms with Gasteiger partial charge in [-0.05, 0) is 49.7 Å². The van der Waals surface area contributed by atoms with Crippen LogP contribution in [0.15, 0.2) is 39.8 Å². The molecular formula is C31H35NO10. The minimum atomic E-state index is -1.35. The second-order valence-corrected chi connectivity index (χ2v) is 12.3. The molecule has 2 aromatic heterocycles. The van der Waals surface area contributed by atoms with Crippen molar-refractivity contribution in [2.45, 2.75) is 78.6 Å². The Hall–Kier alpha value is -4.02. The van der Waals surface area contributed by atoms with E-state index >= 15 is 0 Å². The molecule has 0 radical (unpaired) electrons. The molecule has 42 heavy (non-hydrogen) atoms. The highest BCUT2D eigenvalue weighted by Crippen LogP contribution is 2.65. The Morgan fingerprint density at radius 3 is 2.33 bits per heavy atom. The molecule has 1 aliphatic heterocycles. The molecule has 11 heteroatoms. The Morgan fingerprint density at radius 2 is 1.71 bits per heavy atom. The molecule has 5 rings (SSSR count). The fraction of sp³-hybridized carbons (Fsp3) is 0.548. The molecule has 11 nitrogen and oxygen atoms in total. The first-order valence-electron chi connectivity index (χ1n) is 14.0. The van der Waals surface area contributed by atoms with Crippen LogP contribution >= 0.6 is 0 Å². The van der Waals surface area contributed by atoms with Crippen molar-refractivity contribution >= 4 is 23.7 Å². The van der Waals surface area contributed by atoms with E-state index in [-0.39, 0.29) is 30.1 Å². The van der Waals surface area contributed by atoms with Crippen LogP contribution in [-0.2, 0) is 28.6 Å². The predicted molar refractivity (Wildman–Crippen MR) is 146 cm³/mol. The van der Waals surface area contributed by atoms with Crippen LogP contribution in [0.2, 0.25) is 0 Å². The molecule has 0 spiro atoms. The number of Topliss-reactive ketones (excluding diaryl/α,β-unsaturated/α-hetero) is 1. The highest BCUT2D eigenvalue weighted by Gasteiger charge is 2.71. The van der Waals surface area contributed by atoms with Crippen molar-refractivity contribution in [3.63, 3.8) is 0 Å². The van der Waals surface area contributed by atoms with Gasteiger partial charge in [-0.15, -0.1) is 0 Å². The van der Waals surface area contributed by atoms with E-state index in [0.29, 0.717) is 18.4 Å². The van der Waals surface area contributed by atoms with Gasteiger partial charge in [0.05, 0.1) is 5.92 Å². The van der Waals surface area contributed by atoms with Crippen molar-refractivity contribution in [2.24, 2.45) is 22.7 Å². The zero-order valence-corrected chi connectivity index (χ0v) is 24.6. The zero-order chi connectivity index (χ0) is 30.6. The topological polar surface area (TPSA) is 148 Å². The van der Waals surface area contributed by atoms with Crippen molar-refractivity contribution in [3.8, 4) is 17.1 Å². The highest BCUT2D eigenvalue weighted by molar-refractivity contribution is 6.02. The van der Waals surface area contributed by atoms with E-state index in [1.807, 2.05) is 13.8 Å². The number of hydrogen-bond donors (Lipinski definition) is 0. The number of nitrogens with zero attached hydrogens (tertiary/aromatic N) is 1. The number of ketones is 1. The summed E-state index contributed by atoms with van der Waals surface area (Å²) in [6.07, 6.45) is 2.61. The molecule has 0 bridgehead atoms. The molecular weight excluding hydrogens is 546 g/mol. The number of esters is 3. The summed E-state index contributed by atoms with van der Waals surface area (Å²) in [4.78, 5) is 68.3. The molecule has 2 aromatic rings. The molecule has 0 N–H and O–H groups in total. The first kappa shape index (κ1) is 29.5. The van der Waals surface area contributed by atoms with Crippen LogP contribution in [0, 0.1) is 22.7 Å². The van der Waals surface area contributed by atoms with Crippen LogP contribution in [0.25, 0.3) is 11.3 Å². The average molecular weight is 582 g/mol. The third-order valence-corrected chi connectivity index (χ3v) is 9.50. The summed E-state index contributed by atoms with van der Waals surface area (Å²) in [5.74, 6) is -3.19. The molecule has 7 atom stereocenters. The first-order chi connectivity index (χ1) is 19.7. The van der Waals surface area contributed by atoms with Crippen LogP contribution in [0.5, 0.6) is 5.75 Å². The second-order valence-electron chi connectivity index (χ2n) is 12.3. The SMILES string of the molecule is CC(=O)OC[C@@]1(C)C2C[C@H](OC(C)=O)[C@@]3(C)Oc4cc(-c5cccnc5)oc(=O)c4C(=O)C3[C@@]2(C)CC[C@@H]1OC(C)=O. The number of aromatic nitrogens is 1. The maximum absolute atomic E-state index is 14.5. The Morgan fingerprint density at radius 1 is 1.02 bits per heavy atom. The lowest BCUT2D eigenvalue weighted by atomic mass is 9.43. The Labute approximate surface area is 242 Å². The van der Waals surface area contributed by atoms with E-state index in [9.17, 15) is 24.0 Å². The maximum Gasteiger partial charge on any atom is 0.351 e. The molecule has 224 valence electrons. The molecule has 2 unspecified atom stereocenters. The lowest BCUT2D eigenvalue weighted by Crippen LogP contribution is -2.72. The number of fused-ring (bicyclic) bond motifs is 4. The van der Waals surface area contributed by atoms with Crippen LogP contribution in [0.1, 0.15) is 71.2 Å². The molecule has 0 saturated heterocycles. The summed E-state index contributed by atoms with van der Waals surface area (Å²) in [7, 11) is 0. The molecule has 3 heterocycles. The van der Waals surface area contributed by atoms with Gasteiger partial charge < -0.3 is 23.4 Å². The normalized spacial score (nSPS) is 33.2. The van der Waals surface area contributed by atoms with Gasteiger partial charge in [0, 0.05) is 50.2 Å². The summed E-state index contributed by atoms with van der Waals surface area (Å²) >= 11 is 0. The Kier molecular flexibility index (Phi) is 7.27.